The molecule has 204 valence electrons. The van der Waals surface area contributed by atoms with Gasteiger partial charge in [-0.2, -0.15) is 0 Å². The number of aromatic nitrogens is 1. The van der Waals surface area contributed by atoms with E-state index in [2.05, 4.69) is 32.6 Å². The fourth-order valence-corrected chi connectivity index (χ4v) is 5.76. The topological polar surface area (TPSA) is 107 Å². The molecule has 3 N–H and O–H groups in total. The maximum Gasteiger partial charge on any atom is 0.326 e. The summed E-state index contributed by atoms with van der Waals surface area (Å²) in [4.78, 5) is 34.4. The molecule has 2 fully saturated rings. The first kappa shape index (κ1) is 26.4. The highest BCUT2D eigenvalue weighted by Gasteiger charge is 2.27. The molecule has 9 nitrogen and oxygen atoms in total. The summed E-state index contributed by atoms with van der Waals surface area (Å²) in [6, 6.07) is 10.8. The molecule has 1 aromatic heterocycles. The van der Waals surface area contributed by atoms with Crippen molar-refractivity contribution in [2.75, 3.05) is 62.7 Å². The van der Waals surface area contributed by atoms with Crippen molar-refractivity contribution < 1.29 is 19.4 Å². The fraction of sp³-hybridized carbons (Fsp3) is 0.552. The summed E-state index contributed by atoms with van der Waals surface area (Å²) in [5.41, 5.74) is 3.79. The van der Waals surface area contributed by atoms with Crippen LogP contribution in [0.15, 0.2) is 36.4 Å². The van der Waals surface area contributed by atoms with E-state index in [1.807, 2.05) is 18.2 Å². The van der Waals surface area contributed by atoms with Gasteiger partial charge in [-0.05, 0) is 74.8 Å². The Morgan fingerprint density at radius 2 is 2.00 bits per heavy atom. The molecule has 0 radical (unpaired) electrons. The first-order valence-corrected chi connectivity index (χ1v) is 14.0. The summed E-state index contributed by atoms with van der Waals surface area (Å²) in [7, 11) is 0. The summed E-state index contributed by atoms with van der Waals surface area (Å²) in [6.45, 7) is 6.23. The molecule has 4 heterocycles. The lowest BCUT2D eigenvalue weighted by molar-refractivity contribution is -0.139. The molecular formula is C29H39N5O4. The van der Waals surface area contributed by atoms with E-state index in [0.717, 1.165) is 62.5 Å². The third-order valence-electron chi connectivity index (χ3n) is 7.97. The van der Waals surface area contributed by atoms with Crippen LogP contribution in [-0.4, -0.2) is 85.4 Å². The number of aryl methyl sites for hydroxylation is 2. The third-order valence-corrected chi connectivity index (χ3v) is 7.97. The highest BCUT2D eigenvalue weighted by Crippen LogP contribution is 2.25. The number of amides is 1. The standard InChI is InChI=1S/C29H39N5O4/c35-28(24-5-1-2-6-26(24)34-16-18-38-19-17-34)32-25(29(36)37)12-15-33-14-11-21(20-33)7-9-23-10-8-22-4-3-13-30-27(22)31-23/h1-2,5-6,8,10,21,25H,3-4,7,9,11-20H2,(H,30,31)(H,32,35)(H,36,37)/t21-,25+/m1/s1. The first-order chi connectivity index (χ1) is 18.6. The van der Waals surface area contributed by atoms with Gasteiger partial charge in [-0.15, -0.1) is 0 Å². The van der Waals surface area contributed by atoms with E-state index in [4.69, 9.17) is 9.72 Å². The van der Waals surface area contributed by atoms with Crippen molar-refractivity contribution in [1.82, 2.24) is 15.2 Å². The maximum atomic E-state index is 13.1. The molecule has 1 amide bonds. The molecule has 2 atom stereocenters. The van der Waals surface area contributed by atoms with Crippen molar-refractivity contribution in [3.63, 3.8) is 0 Å². The Morgan fingerprint density at radius 1 is 1.16 bits per heavy atom. The number of pyridine rings is 1. The molecule has 0 aliphatic carbocycles. The van der Waals surface area contributed by atoms with Gasteiger partial charge in [0.05, 0.1) is 18.8 Å². The number of anilines is 2. The van der Waals surface area contributed by atoms with Gasteiger partial charge >= 0.3 is 5.97 Å². The normalized spacial score (nSPS) is 20.4. The van der Waals surface area contributed by atoms with Crippen LogP contribution in [0.3, 0.4) is 0 Å². The van der Waals surface area contributed by atoms with Crippen molar-refractivity contribution in [3.05, 3.63) is 53.2 Å². The maximum absolute atomic E-state index is 13.1. The highest BCUT2D eigenvalue weighted by atomic mass is 16.5. The van der Waals surface area contributed by atoms with Crippen LogP contribution in [0.2, 0.25) is 0 Å². The predicted molar refractivity (Wildman–Crippen MR) is 147 cm³/mol. The molecule has 38 heavy (non-hydrogen) atoms. The number of morpholine rings is 1. The number of carboxylic acids is 1. The number of aliphatic carboxylic acids is 1. The van der Waals surface area contributed by atoms with Crippen LogP contribution in [0.4, 0.5) is 11.5 Å². The van der Waals surface area contributed by atoms with Crippen molar-refractivity contribution >= 4 is 23.4 Å². The van der Waals surface area contributed by atoms with Gasteiger partial charge < -0.3 is 30.3 Å². The van der Waals surface area contributed by atoms with Gasteiger partial charge in [0.2, 0.25) is 0 Å². The van der Waals surface area contributed by atoms with E-state index in [1.165, 1.54) is 12.0 Å². The molecule has 2 saturated heterocycles. The van der Waals surface area contributed by atoms with Crippen molar-refractivity contribution in [2.24, 2.45) is 5.92 Å². The van der Waals surface area contributed by atoms with Gasteiger partial charge in [0.1, 0.15) is 11.9 Å². The lowest BCUT2D eigenvalue weighted by atomic mass is 10.00. The summed E-state index contributed by atoms with van der Waals surface area (Å²) in [5.74, 6) is 0.297. The highest BCUT2D eigenvalue weighted by molar-refractivity contribution is 6.01. The number of fused-ring (bicyclic) bond motifs is 1. The fourth-order valence-electron chi connectivity index (χ4n) is 5.76. The Kier molecular flexibility index (Phi) is 8.75. The van der Waals surface area contributed by atoms with Gasteiger partial charge in [0.15, 0.2) is 0 Å². The quantitative estimate of drug-likeness (QED) is 0.438. The van der Waals surface area contributed by atoms with E-state index in [1.54, 1.807) is 6.07 Å². The van der Waals surface area contributed by atoms with Crippen molar-refractivity contribution in [2.45, 2.75) is 44.6 Å². The number of carboxylic acid groups (broad SMARTS) is 1. The molecule has 9 heteroatoms. The Labute approximate surface area is 224 Å². The minimum Gasteiger partial charge on any atom is -0.480 e. The lowest BCUT2D eigenvalue weighted by Crippen LogP contribution is -2.44. The van der Waals surface area contributed by atoms with E-state index in [9.17, 15) is 14.7 Å². The summed E-state index contributed by atoms with van der Waals surface area (Å²) >= 11 is 0. The summed E-state index contributed by atoms with van der Waals surface area (Å²) in [6.07, 6.45) is 5.81. The zero-order valence-electron chi connectivity index (χ0n) is 22.0. The smallest absolute Gasteiger partial charge is 0.326 e. The van der Waals surface area contributed by atoms with Crippen molar-refractivity contribution in [3.8, 4) is 0 Å². The van der Waals surface area contributed by atoms with Crippen LogP contribution in [0.25, 0.3) is 0 Å². The Hall–Kier alpha value is -3.17. The van der Waals surface area contributed by atoms with Gasteiger partial charge in [0, 0.05) is 44.1 Å². The molecule has 3 aliphatic rings. The average Bonchev–Trinajstić information content (AvgIpc) is 3.42. The number of likely N-dealkylation sites (tertiary alicyclic amines) is 1. The van der Waals surface area contributed by atoms with Crippen LogP contribution >= 0.6 is 0 Å². The number of carbonyl (C=O) groups excluding carboxylic acids is 1. The number of rotatable bonds is 10. The molecule has 0 saturated carbocycles. The monoisotopic (exact) mass is 521 g/mol. The first-order valence-electron chi connectivity index (χ1n) is 14.0. The van der Waals surface area contributed by atoms with E-state index < -0.39 is 12.0 Å². The zero-order chi connectivity index (χ0) is 26.3. The van der Waals surface area contributed by atoms with Crippen LogP contribution in [0.1, 0.15) is 47.3 Å². The van der Waals surface area contributed by atoms with Crippen LogP contribution in [0, 0.1) is 5.92 Å². The molecular weight excluding hydrogens is 482 g/mol. The number of nitrogens with one attached hydrogen (secondary N) is 2. The molecule has 0 unspecified atom stereocenters. The summed E-state index contributed by atoms with van der Waals surface area (Å²) < 4.78 is 5.43. The van der Waals surface area contributed by atoms with Crippen LogP contribution < -0.4 is 15.5 Å². The summed E-state index contributed by atoms with van der Waals surface area (Å²) in [5, 5.41) is 16.0. The zero-order valence-corrected chi connectivity index (χ0v) is 22.0. The molecule has 0 spiro atoms. The van der Waals surface area contributed by atoms with Crippen LogP contribution in [-0.2, 0) is 22.4 Å². The number of nitrogens with zero attached hydrogens (tertiary/aromatic N) is 3. The van der Waals surface area contributed by atoms with E-state index >= 15 is 0 Å². The minimum absolute atomic E-state index is 0.342. The molecule has 5 rings (SSSR count). The molecule has 0 bridgehead atoms. The van der Waals surface area contributed by atoms with Gasteiger partial charge in [-0.1, -0.05) is 18.2 Å². The van der Waals surface area contributed by atoms with E-state index in [0.29, 0.717) is 50.8 Å². The minimum atomic E-state index is -0.995. The van der Waals surface area contributed by atoms with E-state index in [-0.39, 0.29) is 5.91 Å². The lowest BCUT2D eigenvalue weighted by Gasteiger charge is -2.30. The largest absolute Gasteiger partial charge is 0.480 e. The number of benzene rings is 1. The van der Waals surface area contributed by atoms with Crippen molar-refractivity contribution in [1.29, 1.82) is 0 Å². The number of carbonyl (C=O) groups is 2. The van der Waals surface area contributed by atoms with Crippen LogP contribution in [0.5, 0.6) is 0 Å². The molecule has 3 aliphatic heterocycles. The van der Waals surface area contributed by atoms with Gasteiger partial charge in [-0.25, -0.2) is 9.78 Å². The second-order valence-corrected chi connectivity index (χ2v) is 10.6. The predicted octanol–water partition coefficient (Wildman–Crippen LogP) is 2.80. The van der Waals surface area contributed by atoms with Gasteiger partial charge in [-0.3, -0.25) is 4.79 Å². The number of para-hydroxylation sites is 1. The number of hydrogen-bond acceptors (Lipinski definition) is 7. The third kappa shape index (κ3) is 6.63. The second kappa shape index (κ2) is 12.6. The Bertz CT molecular complexity index is 1120. The average molecular weight is 522 g/mol. The molecule has 1 aromatic carbocycles. The van der Waals surface area contributed by atoms with Gasteiger partial charge in [0.25, 0.3) is 5.91 Å². The SMILES string of the molecule is O=C(N[C@@H](CCN1CC[C@@H](CCc2ccc3c(n2)NCCC3)C1)C(=O)O)c1ccccc1N1CCOCC1. The molecule has 2 aromatic rings. The Morgan fingerprint density at radius 3 is 2.84 bits per heavy atom. The number of ether oxygens (including phenoxy) is 1. The second-order valence-electron chi connectivity index (χ2n) is 10.6. The number of hydrogen-bond donors (Lipinski definition) is 3. The Balaban J connectivity index is 1.10.